The lowest BCUT2D eigenvalue weighted by Gasteiger charge is -2.20. The maximum atomic E-state index is 13.6. The highest BCUT2D eigenvalue weighted by Crippen LogP contribution is 2.48. The molecule has 1 aromatic heterocycles. The maximum Gasteiger partial charge on any atom is 0.272 e. The topological polar surface area (TPSA) is 43.6 Å². The summed E-state index contributed by atoms with van der Waals surface area (Å²) in [5.74, 6) is 0.793. The molecule has 0 saturated heterocycles. The van der Waals surface area contributed by atoms with Gasteiger partial charge in [0.1, 0.15) is 10.3 Å². The Bertz CT molecular complexity index is 1380. The van der Waals surface area contributed by atoms with Crippen LogP contribution in [0.25, 0.3) is 9.93 Å². The minimum absolute atomic E-state index is 0.0189. The first kappa shape index (κ1) is 20.4. The van der Waals surface area contributed by atoms with E-state index in [9.17, 15) is 4.79 Å². The Kier molecular flexibility index (Phi) is 5.42. The molecule has 0 amide bonds. The summed E-state index contributed by atoms with van der Waals surface area (Å²) in [5.41, 5.74) is 2.97. The van der Waals surface area contributed by atoms with Crippen LogP contribution >= 0.6 is 34.9 Å². The van der Waals surface area contributed by atoms with Crippen LogP contribution in [0.3, 0.4) is 0 Å². The number of thiazole rings is 1. The smallest absolute Gasteiger partial charge is 0.272 e. The maximum absolute atomic E-state index is 13.6. The van der Waals surface area contributed by atoms with Gasteiger partial charge in [0.2, 0.25) is 0 Å². The zero-order valence-corrected chi connectivity index (χ0v) is 19.7. The van der Waals surface area contributed by atoms with Crippen LogP contribution in [-0.2, 0) is 0 Å². The van der Waals surface area contributed by atoms with Gasteiger partial charge in [0, 0.05) is 0 Å². The number of ether oxygens (including phenoxy) is 1. The van der Waals surface area contributed by atoms with Gasteiger partial charge in [-0.3, -0.25) is 9.36 Å². The third kappa shape index (κ3) is 3.71. The normalized spacial score (nSPS) is 18.0. The highest BCUT2D eigenvalue weighted by Gasteiger charge is 2.25. The Labute approximate surface area is 192 Å². The molecule has 0 aliphatic carbocycles. The highest BCUT2D eigenvalue weighted by atomic mass is 32.2. The van der Waals surface area contributed by atoms with Crippen LogP contribution in [0.5, 0.6) is 5.75 Å². The van der Waals surface area contributed by atoms with E-state index in [2.05, 4.69) is 32.1 Å². The number of thioether (sulfide) groups is 2. The van der Waals surface area contributed by atoms with E-state index in [0.29, 0.717) is 0 Å². The number of aromatic nitrogens is 1. The van der Waals surface area contributed by atoms with Gasteiger partial charge in [-0.1, -0.05) is 77.3 Å². The van der Waals surface area contributed by atoms with E-state index in [0.717, 1.165) is 36.1 Å². The Morgan fingerprint density at radius 2 is 1.65 bits per heavy atom. The van der Waals surface area contributed by atoms with Gasteiger partial charge in [-0.2, -0.15) is 0 Å². The van der Waals surface area contributed by atoms with Crippen molar-refractivity contribution < 1.29 is 4.74 Å². The first-order valence-electron chi connectivity index (χ1n) is 9.84. The number of fused-ring (bicyclic) bond motifs is 1. The van der Waals surface area contributed by atoms with E-state index in [4.69, 9.17) is 9.73 Å². The highest BCUT2D eigenvalue weighted by molar-refractivity contribution is 8.35. The molecule has 1 atom stereocenters. The second kappa shape index (κ2) is 8.22. The number of methoxy groups -OCH3 is 1. The molecular weight excluding hydrogens is 444 g/mol. The fraction of sp³-hybridized carbons (Fsp3) is 0.167. The minimum atomic E-state index is -0.224. The number of benzene rings is 2. The van der Waals surface area contributed by atoms with Crippen molar-refractivity contribution in [3.05, 3.63) is 101 Å². The number of allylic oxidation sites excluding steroid dienone is 3. The average Bonchev–Trinajstić information content (AvgIpc) is 3.32. The predicted molar refractivity (Wildman–Crippen MR) is 132 cm³/mol. The van der Waals surface area contributed by atoms with Gasteiger partial charge >= 0.3 is 0 Å². The number of nitrogens with zero attached hydrogens (tertiary/aromatic N) is 2. The van der Waals surface area contributed by atoms with Gasteiger partial charge in [-0.05, 0) is 53.0 Å². The van der Waals surface area contributed by atoms with Crippen molar-refractivity contribution in [3.63, 3.8) is 0 Å². The molecule has 2 aliphatic heterocycles. The molecule has 0 bridgehead atoms. The molecule has 2 aromatic carbocycles. The van der Waals surface area contributed by atoms with Gasteiger partial charge in [-0.25, -0.2) is 4.99 Å². The Hall–Kier alpha value is -2.48. The zero-order valence-electron chi connectivity index (χ0n) is 17.3. The molecule has 31 heavy (non-hydrogen) atoms. The van der Waals surface area contributed by atoms with E-state index < -0.39 is 0 Å². The van der Waals surface area contributed by atoms with Crippen molar-refractivity contribution in [2.75, 3.05) is 7.11 Å². The summed E-state index contributed by atoms with van der Waals surface area (Å²) in [6.45, 7) is 4.20. The summed E-state index contributed by atoms with van der Waals surface area (Å²) in [6.07, 6.45) is 2.08. The fourth-order valence-corrected chi connectivity index (χ4v) is 7.31. The SMILES string of the molecule is COc1ccc([C@@H]2C=C(c3ccccc3)N=c3sc(=C4SC(C)=C(C)S4)c(=O)n32)cc1. The molecule has 2 aliphatic rings. The van der Waals surface area contributed by atoms with Crippen LogP contribution in [0.2, 0.25) is 0 Å². The van der Waals surface area contributed by atoms with Crippen LogP contribution in [0.1, 0.15) is 31.0 Å². The van der Waals surface area contributed by atoms with Crippen molar-refractivity contribution in [3.8, 4) is 5.75 Å². The van der Waals surface area contributed by atoms with E-state index in [1.54, 1.807) is 30.6 Å². The summed E-state index contributed by atoms with van der Waals surface area (Å²) in [6, 6.07) is 17.8. The average molecular weight is 465 g/mol. The number of hydrogen-bond donors (Lipinski definition) is 0. The van der Waals surface area contributed by atoms with E-state index in [1.807, 2.05) is 47.0 Å². The largest absolute Gasteiger partial charge is 0.497 e. The molecule has 0 fully saturated rings. The number of hydrogen-bond acceptors (Lipinski definition) is 6. The molecule has 4 nitrogen and oxygen atoms in total. The molecule has 0 unspecified atom stereocenters. The molecule has 0 N–H and O–H groups in total. The van der Waals surface area contributed by atoms with Gasteiger partial charge in [-0.15, -0.1) is 0 Å². The van der Waals surface area contributed by atoms with E-state index >= 15 is 0 Å². The molecule has 3 aromatic rings. The van der Waals surface area contributed by atoms with Crippen molar-refractivity contribution in [1.29, 1.82) is 0 Å². The Morgan fingerprint density at radius 1 is 0.968 bits per heavy atom. The van der Waals surface area contributed by atoms with Crippen LogP contribution in [0.15, 0.2) is 80.3 Å². The van der Waals surface area contributed by atoms with Gasteiger partial charge in [0.15, 0.2) is 4.80 Å². The first-order valence-corrected chi connectivity index (χ1v) is 12.3. The predicted octanol–water partition coefficient (Wildman–Crippen LogP) is 4.98. The van der Waals surface area contributed by atoms with Gasteiger partial charge in [0.25, 0.3) is 5.56 Å². The van der Waals surface area contributed by atoms with Crippen LogP contribution in [0, 0.1) is 0 Å². The summed E-state index contributed by atoms with van der Waals surface area (Å²) >= 11 is 4.85. The lowest BCUT2D eigenvalue weighted by atomic mass is 10.0. The van der Waals surface area contributed by atoms with E-state index in [-0.39, 0.29) is 11.6 Å². The van der Waals surface area contributed by atoms with Gasteiger partial charge in [0.05, 0.1) is 23.1 Å². The fourth-order valence-electron chi connectivity index (χ4n) is 3.55. The summed E-state index contributed by atoms with van der Waals surface area (Å²) in [5, 5.41) is 0. The van der Waals surface area contributed by atoms with Crippen molar-refractivity contribution >= 4 is 44.8 Å². The Morgan fingerprint density at radius 3 is 2.29 bits per heavy atom. The van der Waals surface area contributed by atoms with Crippen molar-refractivity contribution in [1.82, 2.24) is 4.57 Å². The first-order chi connectivity index (χ1) is 15.0. The standard InChI is InChI=1S/C24H20N2O2S3/c1-14-15(2)30-23(29-14)21-22(27)26-20(17-9-11-18(28-3)12-10-17)13-19(25-24(26)31-21)16-7-5-4-6-8-16/h4-13,20H,1-3H3/t20-/m0/s1. The van der Waals surface area contributed by atoms with Crippen LogP contribution in [0.4, 0.5) is 0 Å². The zero-order chi connectivity index (χ0) is 21.5. The lowest BCUT2D eigenvalue weighted by molar-refractivity contribution is 0.414. The van der Waals surface area contributed by atoms with Crippen LogP contribution < -0.4 is 19.6 Å². The van der Waals surface area contributed by atoms with Crippen LogP contribution in [-0.4, -0.2) is 11.7 Å². The van der Waals surface area contributed by atoms with E-state index in [1.165, 1.54) is 21.1 Å². The third-order valence-corrected chi connectivity index (χ3v) is 9.27. The number of rotatable bonds is 3. The minimum Gasteiger partial charge on any atom is -0.497 e. The molecule has 156 valence electrons. The monoisotopic (exact) mass is 464 g/mol. The molecule has 0 saturated carbocycles. The molecule has 0 spiro atoms. The summed E-state index contributed by atoms with van der Waals surface area (Å²) in [7, 11) is 1.65. The molecule has 3 heterocycles. The molecule has 0 radical (unpaired) electrons. The second-order valence-electron chi connectivity index (χ2n) is 7.24. The summed E-state index contributed by atoms with van der Waals surface area (Å²) < 4.78 is 8.96. The quantitative estimate of drug-likeness (QED) is 0.548. The molecule has 7 heteroatoms. The molecular formula is C24H20N2O2S3. The Balaban J connectivity index is 1.73. The molecule has 5 rings (SSSR count). The third-order valence-electron chi connectivity index (χ3n) is 5.32. The second-order valence-corrected chi connectivity index (χ2v) is 10.9. The lowest BCUT2D eigenvalue weighted by Crippen LogP contribution is -2.36. The van der Waals surface area contributed by atoms with Crippen molar-refractivity contribution in [2.45, 2.75) is 19.9 Å². The van der Waals surface area contributed by atoms with Crippen molar-refractivity contribution in [2.24, 2.45) is 4.99 Å². The summed E-state index contributed by atoms with van der Waals surface area (Å²) in [4.78, 5) is 21.7. The van der Waals surface area contributed by atoms with Gasteiger partial charge < -0.3 is 4.74 Å².